The van der Waals surface area contributed by atoms with Crippen molar-refractivity contribution < 1.29 is 9.59 Å². The minimum atomic E-state index is -0.0161. The first-order valence-electron chi connectivity index (χ1n) is 9.73. The third kappa shape index (κ3) is 3.22. The van der Waals surface area contributed by atoms with Crippen LogP contribution in [0.5, 0.6) is 0 Å². The molecule has 3 aromatic rings. The first-order chi connectivity index (χ1) is 13.5. The third-order valence-electron chi connectivity index (χ3n) is 5.51. The largest absolute Gasteiger partial charge is 0.334 e. The number of carbonyl (C=O) groups excluding carboxylic acids is 2. The van der Waals surface area contributed by atoms with E-state index in [4.69, 9.17) is 0 Å². The molecule has 3 heterocycles. The summed E-state index contributed by atoms with van der Waals surface area (Å²) in [6, 6.07) is 11.7. The molecule has 1 fully saturated rings. The van der Waals surface area contributed by atoms with Crippen LogP contribution in [0.1, 0.15) is 40.3 Å². The predicted molar refractivity (Wildman–Crippen MR) is 113 cm³/mol. The van der Waals surface area contributed by atoms with E-state index in [1.165, 1.54) is 0 Å². The molecule has 0 spiro atoms. The van der Waals surface area contributed by atoms with E-state index in [9.17, 15) is 9.59 Å². The van der Waals surface area contributed by atoms with Gasteiger partial charge in [0.25, 0.3) is 11.8 Å². The van der Waals surface area contributed by atoms with Crippen LogP contribution in [0.15, 0.2) is 41.8 Å². The minimum Gasteiger partial charge on any atom is -0.334 e. The normalized spacial score (nSPS) is 17.3. The van der Waals surface area contributed by atoms with Gasteiger partial charge >= 0.3 is 0 Å². The lowest BCUT2D eigenvalue weighted by Gasteiger charge is -2.40. The average Bonchev–Trinajstić information content (AvgIpc) is 3.28. The van der Waals surface area contributed by atoms with Gasteiger partial charge in [0.2, 0.25) is 0 Å². The smallest absolute Gasteiger partial charge is 0.270 e. The SMILES string of the molecule is CCn1c(C(=O)N2CCN(C(=O)c3ccc(C)cc3)[C@@H](C)C2)cc2ccsc21. The van der Waals surface area contributed by atoms with Crippen molar-refractivity contribution >= 4 is 33.4 Å². The van der Waals surface area contributed by atoms with E-state index >= 15 is 0 Å². The highest BCUT2D eigenvalue weighted by Gasteiger charge is 2.32. The Morgan fingerprint density at radius 2 is 1.86 bits per heavy atom. The fourth-order valence-corrected chi connectivity index (χ4v) is 4.90. The van der Waals surface area contributed by atoms with Crippen LogP contribution in [0.3, 0.4) is 0 Å². The lowest BCUT2D eigenvalue weighted by atomic mass is 10.1. The molecule has 146 valence electrons. The summed E-state index contributed by atoms with van der Waals surface area (Å²) in [5, 5.41) is 3.18. The average molecular weight is 396 g/mol. The summed E-state index contributed by atoms with van der Waals surface area (Å²) in [6.07, 6.45) is 0. The van der Waals surface area contributed by atoms with Gasteiger partial charge in [0, 0.05) is 43.2 Å². The number of hydrogen-bond donors (Lipinski definition) is 0. The Labute approximate surface area is 169 Å². The Morgan fingerprint density at radius 1 is 1.11 bits per heavy atom. The number of nitrogens with zero attached hydrogens (tertiary/aromatic N) is 3. The molecule has 6 heteroatoms. The summed E-state index contributed by atoms with van der Waals surface area (Å²) in [4.78, 5) is 31.0. The second kappa shape index (κ2) is 7.43. The van der Waals surface area contributed by atoms with Crippen LogP contribution in [0.25, 0.3) is 10.2 Å². The molecule has 1 saturated heterocycles. The second-order valence-electron chi connectivity index (χ2n) is 7.42. The van der Waals surface area contributed by atoms with Gasteiger partial charge in [-0.3, -0.25) is 9.59 Å². The van der Waals surface area contributed by atoms with Crippen molar-refractivity contribution in [1.29, 1.82) is 0 Å². The summed E-state index contributed by atoms with van der Waals surface area (Å²) in [5.41, 5.74) is 2.59. The summed E-state index contributed by atoms with van der Waals surface area (Å²) in [6.45, 7) is 8.53. The molecule has 2 amide bonds. The molecule has 0 radical (unpaired) electrons. The number of carbonyl (C=O) groups is 2. The van der Waals surface area contributed by atoms with Gasteiger partial charge in [-0.25, -0.2) is 0 Å². The third-order valence-corrected chi connectivity index (χ3v) is 6.46. The highest BCUT2D eigenvalue weighted by Crippen LogP contribution is 2.27. The molecule has 28 heavy (non-hydrogen) atoms. The molecule has 5 nitrogen and oxygen atoms in total. The number of aromatic nitrogens is 1. The molecular formula is C22H25N3O2S. The van der Waals surface area contributed by atoms with Gasteiger partial charge in [-0.1, -0.05) is 17.7 Å². The zero-order valence-electron chi connectivity index (χ0n) is 16.5. The fraction of sp³-hybridized carbons (Fsp3) is 0.364. The minimum absolute atomic E-state index is 0.0161. The lowest BCUT2D eigenvalue weighted by molar-refractivity contribution is 0.0409. The van der Waals surface area contributed by atoms with Crippen LogP contribution in [-0.4, -0.2) is 51.9 Å². The highest BCUT2D eigenvalue weighted by atomic mass is 32.1. The maximum atomic E-state index is 13.2. The van der Waals surface area contributed by atoms with Crippen LogP contribution in [0.4, 0.5) is 0 Å². The highest BCUT2D eigenvalue weighted by molar-refractivity contribution is 7.16. The van der Waals surface area contributed by atoms with Crippen LogP contribution in [0, 0.1) is 6.92 Å². The van der Waals surface area contributed by atoms with Crippen LogP contribution in [0.2, 0.25) is 0 Å². The molecule has 1 aliphatic rings. The molecular weight excluding hydrogens is 370 g/mol. The second-order valence-corrected chi connectivity index (χ2v) is 8.31. The van der Waals surface area contributed by atoms with Crippen molar-refractivity contribution in [2.75, 3.05) is 19.6 Å². The zero-order chi connectivity index (χ0) is 19.8. The van der Waals surface area contributed by atoms with Gasteiger partial charge in [0.1, 0.15) is 10.5 Å². The molecule has 2 aromatic heterocycles. The van der Waals surface area contributed by atoms with E-state index in [1.54, 1.807) is 11.3 Å². The van der Waals surface area contributed by atoms with Gasteiger partial charge in [0.05, 0.1) is 0 Å². The van der Waals surface area contributed by atoms with Crippen LogP contribution in [-0.2, 0) is 6.54 Å². The Hall–Kier alpha value is -2.60. The summed E-state index contributed by atoms with van der Waals surface area (Å²) >= 11 is 1.67. The lowest BCUT2D eigenvalue weighted by Crippen LogP contribution is -2.55. The number of fused-ring (bicyclic) bond motifs is 1. The first kappa shape index (κ1) is 18.7. The van der Waals surface area contributed by atoms with E-state index in [0.717, 1.165) is 28.0 Å². The Bertz CT molecular complexity index is 1020. The van der Waals surface area contributed by atoms with Gasteiger partial charge < -0.3 is 14.4 Å². The number of thiophene rings is 1. The zero-order valence-corrected chi connectivity index (χ0v) is 17.3. The first-order valence-corrected chi connectivity index (χ1v) is 10.6. The molecule has 1 aromatic carbocycles. The Kier molecular flexibility index (Phi) is 4.98. The monoisotopic (exact) mass is 395 g/mol. The maximum absolute atomic E-state index is 13.2. The van der Waals surface area contributed by atoms with E-state index in [-0.39, 0.29) is 17.9 Å². The predicted octanol–water partition coefficient (Wildman–Crippen LogP) is 4.02. The van der Waals surface area contributed by atoms with Gasteiger partial charge in [-0.15, -0.1) is 11.3 Å². The topological polar surface area (TPSA) is 45.6 Å². The number of amides is 2. The Morgan fingerprint density at radius 3 is 2.54 bits per heavy atom. The number of hydrogen-bond acceptors (Lipinski definition) is 3. The molecule has 1 atom stereocenters. The van der Waals surface area contributed by atoms with E-state index in [0.29, 0.717) is 25.2 Å². The van der Waals surface area contributed by atoms with Crippen molar-refractivity contribution in [3.8, 4) is 0 Å². The van der Waals surface area contributed by atoms with Crippen molar-refractivity contribution in [3.63, 3.8) is 0 Å². The molecule has 4 rings (SSSR count). The quantitative estimate of drug-likeness (QED) is 0.672. The van der Waals surface area contributed by atoms with Crippen LogP contribution < -0.4 is 0 Å². The van der Waals surface area contributed by atoms with Crippen LogP contribution >= 0.6 is 11.3 Å². The number of benzene rings is 1. The number of piperazine rings is 1. The van der Waals surface area contributed by atoms with E-state index in [1.807, 2.05) is 54.0 Å². The van der Waals surface area contributed by atoms with Crippen molar-refractivity contribution in [2.24, 2.45) is 0 Å². The summed E-state index contributed by atoms with van der Waals surface area (Å²) in [5.74, 6) is 0.0941. The number of aryl methyl sites for hydroxylation is 2. The summed E-state index contributed by atoms with van der Waals surface area (Å²) in [7, 11) is 0. The van der Waals surface area contributed by atoms with E-state index in [2.05, 4.69) is 22.9 Å². The van der Waals surface area contributed by atoms with Crippen molar-refractivity contribution in [1.82, 2.24) is 14.4 Å². The van der Waals surface area contributed by atoms with Gasteiger partial charge in [0.15, 0.2) is 0 Å². The summed E-state index contributed by atoms with van der Waals surface area (Å²) < 4.78 is 2.09. The standard InChI is InChI=1S/C22H25N3O2S/c1-4-24-19(13-18-9-12-28-22(18)24)21(27)23-10-11-25(16(3)14-23)20(26)17-7-5-15(2)6-8-17/h5-9,12-13,16H,4,10-11,14H2,1-3H3/t16-/m0/s1. The number of rotatable bonds is 3. The molecule has 0 N–H and O–H groups in total. The molecule has 0 bridgehead atoms. The Balaban J connectivity index is 1.50. The van der Waals surface area contributed by atoms with E-state index < -0.39 is 0 Å². The fourth-order valence-electron chi connectivity index (χ4n) is 3.93. The maximum Gasteiger partial charge on any atom is 0.270 e. The van der Waals surface area contributed by atoms with Gasteiger partial charge in [-0.2, -0.15) is 0 Å². The van der Waals surface area contributed by atoms with Crippen molar-refractivity contribution in [3.05, 3.63) is 58.6 Å². The molecule has 1 aliphatic heterocycles. The molecule has 0 saturated carbocycles. The van der Waals surface area contributed by atoms with Gasteiger partial charge in [-0.05, 0) is 50.4 Å². The van der Waals surface area contributed by atoms with Crippen molar-refractivity contribution in [2.45, 2.75) is 33.4 Å². The molecule has 0 aliphatic carbocycles. The molecule has 0 unspecified atom stereocenters.